The Bertz CT molecular complexity index is 526. The summed E-state index contributed by atoms with van der Waals surface area (Å²) >= 11 is 0. The van der Waals surface area contributed by atoms with Gasteiger partial charge in [0.05, 0.1) is 7.11 Å². The van der Waals surface area contributed by atoms with E-state index < -0.39 is 6.04 Å². The number of carbonyl (C=O) groups excluding carboxylic acids is 2. The molecule has 2 amide bonds. The van der Waals surface area contributed by atoms with Crippen LogP contribution in [0.2, 0.25) is 0 Å². The van der Waals surface area contributed by atoms with Gasteiger partial charge < -0.3 is 15.0 Å². The number of hydrogen-bond acceptors (Lipinski definition) is 3. The van der Waals surface area contributed by atoms with E-state index in [4.69, 9.17) is 4.74 Å². The normalized spacial score (nSPS) is 25.4. The van der Waals surface area contributed by atoms with E-state index in [0.717, 1.165) is 24.2 Å². The second kappa shape index (κ2) is 5.15. The third kappa shape index (κ3) is 2.24. The van der Waals surface area contributed by atoms with Crippen molar-refractivity contribution in [3.8, 4) is 5.75 Å². The summed E-state index contributed by atoms with van der Waals surface area (Å²) in [6, 6.07) is 6.90. The molecule has 2 saturated heterocycles. The van der Waals surface area contributed by atoms with Gasteiger partial charge in [0.15, 0.2) is 0 Å². The van der Waals surface area contributed by atoms with Crippen molar-refractivity contribution in [1.82, 2.24) is 10.2 Å². The maximum atomic E-state index is 12.4. The molecular formula is C15H18N2O3. The van der Waals surface area contributed by atoms with E-state index in [1.54, 1.807) is 12.0 Å². The highest BCUT2D eigenvalue weighted by Gasteiger charge is 2.42. The van der Waals surface area contributed by atoms with E-state index in [9.17, 15) is 9.59 Å². The average Bonchev–Trinajstić information content (AvgIpc) is 2.95. The molecule has 0 bridgehead atoms. The van der Waals surface area contributed by atoms with Gasteiger partial charge >= 0.3 is 0 Å². The molecule has 106 valence electrons. The van der Waals surface area contributed by atoms with Crippen LogP contribution in [0.1, 0.15) is 18.4 Å². The van der Waals surface area contributed by atoms with Crippen LogP contribution in [-0.2, 0) is 16.0 Å². The standard InChI is InChI=1S/C15H18N2O3/c1-20-11-6-4-10(5-7-11)9-12-15(19)17-8-2-3-13(17)14(18)16-12/h4-7,12-13H,2-3,8-9H2,1H3,(H,16,18). The summed E-state index contributed by atoms with van der Waals surface area (Å²) in [5, 5.41) is 2.85. The zero-order chi connectivity index (χ0) is 14.1. The Morgan fingerprint density at radius 1 is 1.30 bits per heavy atom. The quantitative estimate of drug-likeness (QED) is 0.884. The molecule has 2 heterocycles. The van der Waals surface area contributed by atoms with Crippen LogP contribution in [0.4, 0.5) is 0 Å². The number of methoxy groups -OCH3 is 1. The molecule has 3 rings (SSSR count). The number of amides is 2. The monoisotopic (exact) mass is 274 g/mol. The lowest BCUT2D eigenvalue weighted by molar-refractivity contribution is -0.146. The van der Waals surface area contributed by atoms with Crippen molar-refractivity contribution in [3.05, 3.63) is 29.8 Å². The molecule has 2 unspecified atom stereocenters. The number of nitrogens with zero attached hydrogens (tertiary/aromatic N) is 1. The van der Waals surface area contributed by atoms with Crippen LogP contribution in [0.15, 0.2) is 24.3 Å². The van der Waals surface area contributed by atoms with Gasteiger partial charge in [0, 0.05) is 13.0 Å². The Labute approximate surface area is 117 Å². The highest BCUT2D eigenvalue weighted by molar-refractivity contribution is 5.97. The fourth-order valence-corrected chi connectivity index (χ4v) is 2.97. The summed E-state index contributed by atoms with van der Waals surface area (Å²) in [5.41, 5.74) is 1.02. The first-order valence-corrected chi connectivity index (χ1v) is 6.93. The summed E-state index contributed by atoms with van der Waals surface area (Å²) in [5.74, 6) is 0.816. The zero-order valence-electron chi connectivity index (χ0n) is 11.5. The van der Waals surface area contributed by atoms with E-state index in [-0.39, 0.29) is 17.9 Å². The number of benzene rings is 1. The Morgan fingerprint density at radius 3 is 2.75 bits per heavy atom. The first-order chi connectivity index (χ1) is 9.69. The third-order valence-electron chi connectivity index (χ3n) is 4.05. The van der Waals surface area contributed by atoms with E-state index in [2.05, 4.69) is 5.32 Å². The Kier molecular flexibility index (Phi) is 3.34. The van der Waals surface area contributed by atoms with Crippen LogP contribution >= 0.6 is 0 Å². The number of fused-ring (bicyclic) bond motifs is 1. The van der Waals surface area contributed by atoms with Crippen LogP contribution < -0.4 is 10.1 Å². The van der Waals surface area contributed by atoms with Crippen molar-refractivity contribution in [2.45, 2.75) is 31.3 Å². The summed E-state index contributed by atoms with van der Waals surface area (Å²) < 4.78 is 5.11. The van der Waals surface area contributed by atoms with Crippen molar-refractivity contribution in [3.63, 3.8) is 0 Å². The largest absolute Gasteiger partial charge is 0.497 e. The first-order valence-electron chi connectivity index (χ1n) is 6.93. The topological polar surface area (TPSA) is 58.6 Å². The van der Waals surface area contributed by atoms with Crippen molar-refractivity contribution < 1.29 is 14.3 Å². The van der Waals surface area contributed by atoms with E-state index in [1.807, 2.05) is 24.3 Å². The van der Waals surface area contributed by atoms with Gasteiger partial charge in [0.1, 0.15) is 17.8 Å². The molecule has 0 saturated carbocycles. The molecule has 5 nitrogen and oxygen atoms in total. The fraction of sp³-hybridized carbons (Fsp3) is 0.467. The highest BCUT2D eigenvalue weighted by atomic mass is 16.5. The zero-order valence-corrected chi connectivity index (χ0v) is 11.5. The predicted octanol–water partition coefficient (Wildman–Crippen LogP) is 0.727. The van der Waals surface area contributed by atoms with Gasteiger partial charge in [-0.2, -0.15) is 0 Å². The van der Waals surface area contributed by atoms with Gasteiger partial charge in [-0.1, -0.05) is 12.1 Å². The Hall–Kier alpha value is -2.04. The van der Waals surface area contributed by atoms with Gasteiger partial charge in [0.25, 0.3) is 0 Å². The first kappa shape index (κ1) is 13.0. The number of nitrogens with one attached hydrogen (secondary N) is 1. The third-order valence-corrected chi connectivity index (χ3v) is 4.05. The van der Waals surface area contributed by atoms with Gasteiger partial charge in [-0.3, -0.25) is 9.59 Å². The lowest BCUT2D eigenvalue weighted by Crippen LogP contribution is -2.61. The van der Waals surface area contributed by atoms with Crippen molar-refractivity contribution in [2.75, 3.05) is 13.7 Å². The molecule has 2 atom stereocenters. The maximum absolute atomic E-state index is 12.4. The second-order valence-electron chi connectivity index (χ2n) is 5.30. The Morgan fingerprint density at radius 2 is 2.05 bits per heavy atom. The molecule has 0 spiro atoms. The average molecular weight is 274 g/mol. The van der Waals surface area contributed by atoms with Crippen LogP contribution in [0.25, 0.3) is 0 Å². The molecule has 2 aliphatic heterocycles. The SMILES string of the molecule is COc1ccc(CC2NC(=O)C3CCCN3C2=O)cc1. The number of rotatable bonds is 3. The van der Waals surface area contributed by atoms with Gasteiger partial charge in [-0.05, 0) is 30.5 Å². The van der Waals surface area contributed by atoms with Crippen LogP contribution in [0, 0.1) is 0 Å². The summed E-state index contributed by atoms with van der Waals surface area (Å²) in [6.45, 7) is 0.704. The van der Waals surface area contributed by atoms with E-state index in [0.29, 0.717) is 13.0 Å². The lowest BCUT2D eigenvalue weighted by atomic mass is 10.0. The van der Waals surface area contributed by atoms with Gasteiger partial charge in [0.2, 0.25) is 11.8 Å². The molecule has 0 aromatic heterocycles. The lowest BCUT2D eigenvalue weighted by Gasteiger charge is -2.34. The molecular weight excluding hydrogens is 256 g/mol. The van der Waals surface area contributed by atoms with Crippen LogP contribution in [0.5, 0.6) is 5.75 Å². The second-order valence-corrected chi connectivity index (χ2v) is 5.30. The molecule has 2 aliphatic rings. The number of ether oxygens (including phenoxy) is 1. The highest BCUT2D eigenvalue weighted by Crippen LogP contribution is 2.23. The molecule has 1 aromatic rings. The maximum Gasteiger partial charge on any atom is 0.246 e. The smallest absolute Gasteiger partial charge is 0.246 e. The molecule has 20 heavy (non-hydrogen) atoms. The van der Waals surface area contributed by atoms with Crippen molar-refractivity contribution >= 4 is 11.8 Å². The molecule has 1 aromatic carbocycles. The molecule has 0 aliphatic carbocycles. The van der Waals surface area contributed by atoms with E-state index >= 15 is 0 Å². The van der Waals surface area contributed by atoms with Crippen LogP contribution in [0.3, 0.4) is 0 Å². The minimum absolute atomic E-state index is 0.0133. The van der Waals surface area contributed by atoms with Crippen molar-refractivity contribution in [2.24, 2.45) is 0 Å². The summed E-state index contributed by atoms with van der Waals surface area (Å²) in [7, 11) is 1.62. The summed E-state index contributed by atoms with van der Waals surface area (Å²) in [6.07, 6.45) is 2.23. The fourth-order valence-electron chi connectivity index (χ4n) is 2.97. The van der Waals surface area contributed by atoms with E-state index in [1.165, 1.54) is 0 Å². The van der Waals surface area contributed by atoms with Crippen molar-refractivity contribution in [1.29, 1.82) is 0 Å². The minimum atomic E-state index is -0.440. The Balaban J connectivity index is 1.73. The molecule has 5 heteroatoms. The molecule has 0 radical (unpaired) electrons. The number of hydrogen-bond donors (Lipinski definition) is 1. The number of piperazine rings is 1. The predicted molar refractivity (Wildman–Crippen MR) is 73.4 cm³/mol. The molecule has 2 fully saturated rings. The summed E-state index contributed by atoms with van der Waals surface area (Å²) in [4.78, 5) is 26.1. The van der Waals surface area contributed by atoms with Crippen LogP contribution in [-0.4, -0.2) is 42.5 Å². The van der Waals surface area contributed by atoms with Gasteiger partial charge in [-0.25, -0.2) is 0 Å². The van der Waals surface area contributed by atoms with Gasteiger partial charge in [-0.15, -0.1) is 0 Å². The minimum Gasteiger partial charge on any atom is -0.497 e. The molecule has 1 N–H and O–H groups in total. The number of carbonyl (C=O) groups is 2.